The first-order valence-corrected chi connectivity index (χ1v) is 6.24. The molecular weight excluding hydrogens is 234 g/mol. The number of imidazole rings is 1. The molecule has 0 bridgehead atoms. The Morgan fingerprint density at radius 1 is 1.59 bits per heavy atom. The minimum atomic E-state index is 0.515. The number of hydrogen-bond acceptors (Lipinski definition) is 4. The molecule has 0 aliphatic heterocycles. The minimum absolute atomic E-state index is 0.515. The average molecular weight is 249 g/mol. The van der Waals surface area contributed by atoms with E-state index in [1.165, 1.54) is 0 Å². The van der Waals surface area contributed by atoms with Crippen molar-refractivity contribution in [1.29, 1.82) is 0 Å². The number of nitrogens with two attached hydrogens (primary N) is 1. The van der Waals surface area contributed by atoms with E-state index in [1.807, 2.05) is 18.2 Å². The van der Waals surface area contributed by atoms with Gasteiger partial charge in [-0.25, -0.2) is 4.98 Å². The minimum Gasteiger partial charge on any atom is -0.497 e. The molecular formula is C12H15N3OS. The highest BCUT2D eigenvalue weighted by Crippen LogP contribution is 2.23. The second kappa shape index (κ2) is 5.25. The van der Waals surface area contributed by atoms with Gasteiger partial charge in [0, 0.05) is 18.4 Å². The van der Waals surface area contributed by atoms with E-state index >= 15 is 0 Å². The van der Waals surface area contributed by atoms with E-state index in [-0.39, 0.29) is 0 Å². The van der Waals surface area contributed by atoms with Crippen LogP contribution in [0.4, 0.5) is 0 Å². The first kappa shape index (κ1) is 12.0. The molecule has 0 radical (unpaired) electrons. The fourth-order valence-corrected chi connectivity index (χ4v) is 2.19. The van der Waals surface area contributed by atoms with Gasteiger partial charge >= 0.3 is 0 Å². The highest BCUT2D eigenvalue weighted by atomic mass is 32.2. The van der Waals surface area contributed by atoms with E-state index < -0.39 is 0 Å². The van der Waals surface area contributed by atoms with Crippen LogP contribution in [0, 0.1) is 0 Å². The molecule has 3 N–H and O–H groups in total. The van der Waals surface area contributed by atoms with Crippen LogP contribution in [0.1, 0.15) is 0 Å². The third-order valence-corrected chi connectivity index (χ3v) is 3.39. The summed E-state index contributed by atoms with van der Waals surface area (Å²) in [5.74, 6) is 1.61. The predicted molar refractivity (Wildman–Crippen MR) is 71.6 cm³/mol. The van der Waals surface area contributed by atoms with Crippen molar-refractivity contribution in [3.8, 4) is 5.75 Å². The number of aromatic nitrogens is 2. The number of methoxy groups -OCH3 is 1. The Labute approximate surface area is 104 Å². The fourth-order valence-electron chi connectivity index (χ4n) is 1.39. The smallest absolute Gasteiger partial charge is 0.166 e. The molecule has 2 aromatic rings. The average Bonchev–Trinajstić information content (AvgIpc) is 2.77. The molecule has 1 aromatic heterocycles. The molecule has 17 heavy (non-hydrogen) atoms. The maximum atomic E-state index is 5.49. The van der Waals surface area contributed by atoms with Crippen LogP contribution in [-0.2, 0) is 0 Å². The second-order valence-corrected chi connectivity index (χ2v) is 4.63. The van der Waals surface area contributed by atoms with E-state index in [9.17, 15) is 0 Å². The molecule has 1 heterocycles. The van der Waals surface area contributed by atoms with Crippen molar-refractivity contribution in [2.45, 2.75) is 5.16 Å². The standard InChI is InChI=1S/C12H15N3OS/c1-8(6-13)7-17-12-14-10-4-3-9(16-2)5-11(10)15-12/h3-5H,1,6-7,13H2,2H3,(H,14,15). The summed E-state index contributed by atoms with van der Waals surface area (Å²) in [4.78, 5) is 7.70. The molecule has 4 nitrogen and oxygen atoms in total. The summed E-state index contributed by atoms with van der Waals surface area (Å²) in [5.41, 5.74) is 8.41. The number of hydrogen-bond donors (Lipinski definition) is 2. The van der Waals surface area contributed by atoms with Gasteiger partial charge < -0.3 is 15.5 Å². The summed E-state index contributed by atoms with van der Waals surface area (Å²) >= 11 is 1.61. The summed E-state index contributed by atoms with van der Waals surface area (Å²) in [6.45, 7) is 4.38. The Kier molecular flexibility index (Phi) is 3.71. The van der Waals surface area contributed by atoms with Gasteiger partial charge in [0.15, 0.2) is 5.16 Å². The van der Waals surface area contributed by atoms with Crippen molar-refractivity contribution < 1.29 is 4.74 Å². The van der Waals surface area contributed by atoms with Gasteiger partial charge in [-0.3, -0.25) is 0 Å². The third-order valence-electron chi connectivity index (χ3n) is 2.37. The van der Waals surface area contributed by atoms with Crippen molar-refractivity contribution in [3.05, 3.63) is 30.4 Å². The summed E-state index contributed by atoms with van der Waals surface area (Å²) in [7, 11) is 1.65. The van der Waals surface area contributed by atoms with Crippen LogP contribution in [0.25, 0.3) is 11.0 Å². The predicted octanol–water partition coefficient (Wildman–Crippen LogP) is 2.18. The Morgan fingerprint density at radius 2 is 2.41 bits per heavy atom. The van der Waals surface area contributed by atoms with Crippen LogP contribution in [0.3, 0.4) is 0 Å². The largest absolute Gasteiger partial charge is 0.497 e. The summed E-state index contributed by atoms with van der Waals surface area (Å²) in [5, 5.41) is 0.878. The maximum Gasteiger partial charge on any atom is 0.166 e. The van der Waals surface area contributed by atoms with Crippen LogP contribution in [0.2, 0.25) is 0 Å². The summed E-state index contributed by atoms with van der Waals surface area (Å²) < 4.78 is 5.16. The Morgan fingerprint density at radius 3 is 3.12 bits per heavy atom. The maximum absolute atomic E-state index is 5.49. The molecule has 0 saturated carbocycles. The van der Waals surface area contributed by atoms with Gasteiger partial charge in [0.2, 0.25) is 0 Å². The Hall–Kier alpha value is -1.46. The topological polar surface area (TPSA) is 63.9 Å². The zero-order valence-corrected chi connectivity index (χ0v) is 10.5. The van der Waals surface area contributed by atoms with Crippen LogP contribution in [-0.4, -0.2) is 29.4 Å². The van der Waals surface area contributed by atoms with Gasteiger partial charge in [0.1, 0.15) is 5.75 Å². The van der Waals surface area contributed by atoms with Crippen molar-refractivity contribution >= 4 is 22.8 Å². The molecule has 0 aliphatic rings. The molecule has 0 saturated heterocycles. The zero-order chi connectivity index (χ0) is 12.3. The van der Waals surface area contributed by atoms with E-state index in [2.05, 4.69) is 16.5 Å². The molecule has 0 aliphatic carbocycles. The number of H-pyrrole nitrogens is 1. The van der Waals surface area contributed by atoms with E-state index in [1.54, 1.807) is 18.9 Å². The van der Waals surface area contributed by atoms with Gasteiger partial charge in [-0.1, -0.05) is 23.9 Å². The number of nitrogens with one attached hydrogen (secondary N) is 1. The molecule has 0 atom stereocenters. The SMILES string of the molecule is C=C(CN)CSc1nc2ccc(OC)cc2[nH]1. The highest BCUT2D eigenvalue weighted by Gasteiger charge is 2.04. The molecule has 0 unspecified atom stereocenters. The lowest BCUT2D eigenvalue weighted by atomic mass is 10.3. The van der Waals surface area contributed by atoms with Gasteiger partial charge in [0.05, 0.1) is 18.1 Å². The zero-order valence-electron chi connectivity index (χ0n) is 9.69. The van der Waals surface area contributed by atoms with Crippen molar-refractivity contribution in [3.63, 3.8) is 0 Å². The van der Waals surface area contributed by atoms with Crippen LogP contribution >= 0.6 is 11.8 Å². The van der Waals surface area contributed by atoms with Crippen LogP contribution < -0.4 is 10.5 Å². The lowest BCUT2D eigenvalue weighted by Crippen LogP contribution is -2.03. The molecule has 0 fully saturated rings. The summed E-state index contributed by atoms with van der Waals surface area (Å²) in [6.07, 6.45) is 0. The van der Waals surface area contributed by atoms with E-state index in [4.69, 9.17) is 10.5 Å². The fraction of sp³-hybridized carbons (Fsp3) is 0.250. The van der Waals surface area contributed by atoms with Crippen molar-refractivity contribution in [2.75, 3.05) is 19.4 Å². The number of fused-ring (bicyclic) bond motifs is 1. The summed E-state index contributed by atoms with van der Waals surface area (Å²) in [6, 6.07) is 5.77. The molecule has 1 aromatic carbocycles. The normalized spacial score (nSPS) is 10.7. The third kappa shape index (κ3) is 2.81. The molecule has 0 amide bonds. The van der Waals surface area contributed by atoms with Gasteiger partial charge in [0.25, 0.3) is 0 Å². The quantitative estimate of drug-likeness (QED) is 0.629. The number of rotatable bonds is 5. The Balaban J connectivity index is 2.17. The van der Waals surface area contributed by atoms with E-state index in [0.29, 0.717) is 6.54 Å². The number of nitrogens with zero attached hydrogens (tertiary/aromatic N) is 1. The number of aromatic amines is 1. The van der Waals surface area contributed by atoms with Crippen LogP contribution in [0.15, 0.2) is 35.5 Å². The number of ether oxygens (including phenoxy) is 1. The van der Waals surface area contributed by atoms with Crippen molar-refractivity contribution in [2.24, 2.45) is 5.73 Å². The van der Waals surface area contributed by atoms with E-state index in [0.717, 1.165) is 33.3 Å². The van der Waals surface area contributed by atoms with Gasteiger partial charge in [-0.15, -0.1) is 0 Å². The molecule has 90 valence electrons. The molecule has 2 rings (SSSR count). The number of thioether (sulfide) groups is 1. The first-order valence-electron chi connectivity index (χ1n) is 5.26. The lowest BCUT2D eigenvalue weighted by molar-refractivity contribution is 0.415. The first-order chi connectivity index (χ1) is 8.22. The van der Waals surface area contributed by atoms with Crippen LogP contribution in [0.5, 0.6) is 5.75 Å². The lowest BCUT2D eigenvalue weighted by Gasteiger charge is -1.98. The number of benzene rings is 1. The van der Waals surface area contributed by atoms with Gasteiger partial charge in [-0.2, -0.15) is 0 Å². The second-order valence-electron chi connectivity index (χ2n) is 3.67. The monoisotopic (exact) mass is 249 g/mol. The van der Waals surface area contributed by atoms with Crippen molar-refractivity contribution in [1.82, 2.24) is 9.97 Å². The highest BCUT2D eigenvalue weighted by molar-refractivity contribution is 7.99. The van der Waals surface area contributed by atoms with Gasteiger partial charge in [-0.05, 0) is 12.1 Å². The molecule has 0 spiro atoms. The molecule has 5 heteroatoms. The Bertz CT molecular complexity index is 536.